The first-order chi connectivity index (χ1) is 8.91. The third-order valence-electron chi connectivity index (χ3n) is 3.92. The lowest BCUT2D eigenvalue weighted by Crippen LogP contribution is -2.05. The molecule has 0 radical (unpaired) electrons. The molecule has 0 spiro atoms. The fourth-order valence-electron chi connectivity index (χ4n) is 2.59. The molecule has 19 heavy (non-hydrogen) atoms. The van der Waals surface area contributed by atoms with E-state index in [1.165, 1.54) is 11.1 Å². The van der Waals surface area contributed by atoms with Crippen molar-refractivity contribution >= 4 is 22.6 Å². The van der Waals surface area contributed by atoms with E-state index < -0.39 is 0 Å². The Morgan fingerprint density at radius 1 is 1.05 bits per heavy atom. The molecule has 2 aromatic heterocycles. The molecule has 4 nitrogen and oxygen atoms in total. The molecule has 3 aromatic rings. The molecule has 4 heteroatoms. The molecular weight excluding hydrogens is 238 g/mol. The Bertz CT molecular complexity index is 836. The Morgan fingerprint density at radius 3 is 2.21 bits per heavy atom. The molecule has 0 fully saturated rings. The Labute approximate surface area is 111 Å². The summed E-state index contributed by atoms with van der Waals surface area (Å²) in [6.07, 6.45) is 0. The van der Waals surface area contributed by atoms with Crippen molar-refractivity contribution in [3.63, 3.8) is 0 Å². The van der Waals surface area contributed by atoms with Gasteiger partial charge in [-0.2, -0.15) is 5.10 Å². The average Bonchev–Trinajstić information content (AvgIpc) is 2.77. The van der Waals surface area contributed by atoms with Crippen LogP contribution in [0.3, 0.4) is 0 Å². The number of rotatable bonds is 0. The standard InChI is InChI=1S/C15H17N3O/c1-8-6-13-14(7-9(8)2)18-15(17(13)12(5)19)10(3)11(4)16-18/h6-7H,1-5H3. The van der Waals surface area contributed by atoms with Crippen LogP contribution in [0.5, 0.6) is 0 Å². The Kier molecular flexibility index (Phi) is 2.33. The molecule has 0 amide bonds. The molecule has 0 bridgehead atoms. The molecule has 0 aliphatic rings. The van der Waals surface area contributed by atoms with Gasteiger partial charge in [0.15, 0.2) is 0 Å². The van der Waals surface area contributed by atoms with Gasteiger partial charge in [-0.05, 0) is 51.0 Å². The van der Waals surface area contributed by atoms with Gasteiger partial charge < -0.3 is 0 Å². The lowest BCUT2D eigenvalue weighted by molar-refractivity contribution is 0.0945. The molecule has 0 saturated carbocycles. The van der Waals surface area contributed by atoms with Gasteiger partial charge in [-0.15, -0.1) is 0 Å². The van der Waals surface area contributed by atoms with Crippen LogP contribution < -0.4 is 0 Å². The second-order valence-electron chi connectivity index (χ2n) is 5.23. The zero-order valence-corrected chi connectivity index (χ0v) is 11.9. The maximum Gasteiger partial charge on any atom is 0.229 e. The zero-order valence-electron chi connectivity index (χ0n) is 11.9. The molecule has 0 aliphatic heterocycles. The molecule has 0 aliphatic carbocycles. The van der Waals surface area contributed by atoms with Crippen LogP contribution in [0.1, 0.15) is 34.1 Å². The first-order valence-electron chi connectivity index (χ1n) is 6.40. The highest BCUT2D eigenvalue weighted by Gasteiger charge is 2.19. The fraction of sp³-hybridized carbons (Fsp3) is 0.333. The summed E-state index contributed by atoms with van der Waals surface area (Å²) in [6.45, 7) is 9.72. The van der Waals surface area contributed by atoms with Crippen LogP contribution in [0.2, 0.25) is 0 Å². The quantitative estimate of drug-likeness (QED) is 0.619. The highest BCUT2D eigenvalue weighted by Crippen LogP contribution is 2.27. The maximum atomic E-state index is 12.0. The zero-order chi connectivity index (χ0) is 13.9. The molecule has 2 heterocycles. The van der Waals surface area contributed by atoms with E-state index in [2.05, 4.69) is 31.1 Å². The van der Waals surface area contributed by atoms with E-state index in [1.54, 1.807) is 11.5 Å². The predicted molar refractivity (Wildman–Crippen MR) is 75.9 cm³/mol. The minimum Gasteiger partial charge on any atom is -0.274 e. The molecule has 0 saturated heterocycles. The third-order valence-corrected chi connectivity index (χ3v) is 3.92. The van der Waals surface area contributed by atoms with E-state index in [1.807, 2.05) is 18.4 Å². The summed E-state index contributed by atoms with van der Waals surface area (Å²) in [6, 6.07) is 4.17. The van der Waals surface area contributed by atoms with Gasteiger partial charge in [0.1, 0.15) is 5.65 Å². The number of aryl methyl sites for hydroxylation is 4. The van der Waals surface area contributed by atoms with E-state index in [-0.39, 0.29) is 5.91 Å². The summed E-state index contributed by atoms with van der Waals surface area (Å²) in [7, 11) is 0. The summed E-state index contributed by atoms with van der Waals surface area (Å²) in [4.78, 5) is 12.0. The first kappa shape index (κ1) is 12.0. The molecule has 0 unspecified atom stereocenters. The molecule has 1 aromatic carbocycles. The SMILES string of the molecule is CC(=O)n1c2cc(C)c(C)cc2n2nc(C)c(C)c12. The topological polar surface area (TPSA) is 39.3 Å². The summed E-state index contributed by atoms with van der Waals surface area (Å²) in [5, 5.41) is 4.56. The van der Waals surface area contributed by atoms with Gasteiger partial charge in [0, 0.05) is 12.5 Å². The number of nitrogens with zero attached hydrogens (tertiary/aromatic N) is 3. The number of hydrogen-bond acceptors (Lipinski definition) is 2. The van der Waals surface area contributed by atoms with Gasteiger partial charge in [-0.3, -0.25) is 9.36 Å². The van der Waals surface area contributed by atoms with E-state index >= 15 is 0 Å². The van der Waals surface area contributed by atoms with E-state index in [0.717, 1.165) is 27.9 Å². The van der Waals surface area contributed by atoms with Crippen LogP contribution in [0.15, 0.2) is 12.1 Å². The van der Waals surface area contributed by atoms with Crippen molar-refractivity contribution in [3.05, 3.63) is 34.5 Å². The summed E-state index contributed by atoms with van der Waals surface area (Å²) in [5.74, 6) is 0.0197. The molecule has 98 valence electrons. The largest absolute Gasteiger partial charge is 0.274 e. The number of benzene rings is 1. The van der Waals surface area contributed by atoms with Crippen LogP contribution in [0.4, 0.5) is 0 Å². The minimum absolute atomic E-state index is 0.0197. The predicted octanol–water partition coefficient (Wildman–Crippen LogP) is 3.18. The van der Waals surface area contributed by atoms with Gasteiger partial charge in [-0.25, -0.2) is 4.52 Å². The monoisotopic (exact) mass is 255 g/mol. The highest BCUT2D eigenvalue weighted by molar-refractivity contribution is 5.96. The highest BCUT2D eigenvalue weighted by atomic mass is 16.1. The lowest BCUT2D eigenvalue weighted by Gasteiger charge is -2.03. The van der Waals surface area contributed by atoms with Crippen molar-refractivity contribution in [2.75, 3.05) is 0 Å². The van der Waals surface area contributed by atoms with Crippen molar-refractivity contribution in [3.8, 4) is 0 Å². The lowest BCUT2D eigenvalue weighted by atomic mass is 10.1. The Hall–Kier alpha value is -2.10. The number of imidazole rings is 1. The maximum absolute atomic E-state index is 12.0. The molecule has 3 rings (SSSR count). The molecular formula is C15H17N3O. The smallest absolute Gasteiger partial charge is 0.229 e. The van der Waals surface area contributed by atoms with Gasteiger partial charge in [0.2, 0.25) is 5.91 Å². The second kappa shape index (κ2) is 3.70. The number of hydrogen-bond donors (Lipinski definition) is 0. The van der Waals surface area contributed by atoms with Crippen molar-refractivity contribution in [2.24, 2.45) is 0 Å². The summed E-state index contributed by atoms with van der Waals surface area (Å²) >= 11 is 0. The van der Waals surface area contributed by atoms with Gasteiger partial charge in [0.25, 0.3) is 0 Å². The van der Waals surface area contributed by atoms with Crippen molar-refractivity contribution < 1.29 is 4.79 Å². The van der Waals surface area contributed by atoms with Crippen molar-refractivity contribution in [2.45, 2.75) is 34.6 Å². The van der Waals surface area contributed by atoms with Crippen LogP contribution in [-0.2, 0) is 0 Å². The normalized spacial score (nSPS) is 11.6. The number of carbonyl (C=O) groups is 1. The summed E-state index contributed by atoms with van der Waals surface area (Å²) in [5.41, 5.74) is 7.22. The average molecular weight is 255 g/mol. The fourth-order valence-corrected chi connectivity index (χ4v) is 2.59. The number of fused-ring (bicyclic) bond motifs is 3. The van der Waals surface area contributed by atoms with Gasteiger partial charge in [-0.1, -0.05) is 0 Å². The van der Waals surface area contributed by atoms with Crippen LogP contribution in [0, 0.1) is 27.7 Å². The van der Waals surface area contributed by atoms with Crippen LogP contribution in [-0.4, -0.2) is 20.1 Å². The first-order valence-corrected chi connectivity index (χ1v) is 6.40. The van der Waals surface area contributed by atoms with Crippen molar-refractivity contribution in [1.29, 1.82) is 0 Å². The summed E-state index contributed by atoms with van der Waals surface area (Å²) < 4.78 is 3.64. The Morgan fingerprint density at radius 2 is 1.63 bits per heavy atom. The second-order valence-corrected chi connectivity index (χ2v) is 5.23. The van der Waals surface area contributed by atoms with E-state index in [0.29, 0.717) is 0 Å². The van der Waals surface area contributed by atoms with Gasteiger partial charge >= 0.3 is 0 Å². The van der Waals surface area contributed by atoms with Gasteiger partial charge in [0.05, 0.1) is 16.7 Å². The minimum atomic E-state index is 0.0197. The molecule has 0 N–H and O–H groups in total. The van der Waals surface area contributed by atoms with Crippen LogP contribution in [0.25, 0.3) is 16.7 Å². The van der Waals surface area contributed by atoms with Crippen molar-refractivity contribution in [1.82, 2.24) is 14.2 Å². The van der Waals surface area contributed by atoms with E-state index in [9.17, 15) is 4.79 Å². The number of carbonyl (C=O) groups excluding carboxylic acids is 1. The Balaban J connectivity index is 2.64. The van der Waals surface area contributed by atoms with E-state index in [4.69, 9.17) is 0 Å². The molecule has 0 atom stereocenters. The number of aromatic nitrogens is 3. The van der Waals surface area contributed by atoms with Crippen LogP contribution >= 0.6 is 0 Å². The third kappa shape index (κ3) is 1.46.